The van der Waals surface area contributed by atoms with Crippen LogP contribution in [0.1, 0.15) is 27.2 Å². The third kappa shape index (κ3) is 5.09. The summed E-state index contributed by atoms with van der Waals surface area (Å²) < 4.78 is 0. The van der Waals surface area contributed by atoms with Gasteiger partial charge in [0.15, 0.2) is 0 Å². The molecule has 1 unspecified atom stereocenters. The average molecular weight is 268 g/mol. The van der Waals surface area contributed by atoms with Crippen LogP contribution in [0.5, 0.6) is 0 Å². The molecule has 4 N–H and O–H groups in total. The molecule has 1 atom stereocenters. The van der Waals surface area contributed by atoms with E-state index in [2.05, 4.69) is 10.3 Å². The highest BCUT2D eigenvalue weighted by Gasteiger charge is 2.19. The maximum Gasteiger partial charge on any atom is 0.311 e. The highest BCUT2D eigenvalue weighted by atomic mass is 16.6. The second-order valence-corrected chi connectivity index (χ2v) is 5.66. The van der Waals surface area contributed by atoms with Crippen LogP contribution in [0.4, 0.5) is 17.3 Å². The molecule has 7 heteroatoms. The van der Waals surface area contributed by atoms with Crippen molar-refractivity contribution in [2.45, 2.75) is 33.3 Å². The van der Waals surface area contributed by atoms with Crippen LogP contribution in [0.15, 0.2) is 12.1 Å². The van der Waals surface area contributed by atoms with Gasteiger partial charge in [0.05, 0.1) is 11.0 Å². The van der Waals surface area contributed by atoms with Crippen LogP contribution in [-0.2, 0) is 0 Å². The summed E-state index contributed by atoms with van der Waals surface area (Å²) in [6, 6.07) is 2.66. The summed E-state index contributed by atoms with van der Waals surface area (Å²) in [4.78, 5) is 14.2. The van der Waals surface area contributed by atoms with Crippen LogP contribution in [0.2, 0.25) is 0 Å². The van der Waals surface area contributed by atoms with Gasteiger partial charge in [0.1, 0.15) is 5.82 Å². The minimum Gasteiger partial charge on any atom is -0.391 e. The highest BCUT2D eigenvalue weighted by molar-refractivity contribution is 5.59. The lowest BCUT2D eigenvalue weighted by Crippen LogP contribution is -2.25. The Bertz CT molecular complexity index is 457. The molecule has 7 nitrogen and oxygen atoms in total. The van der Waals surface area contributed by atoms with Gasteiger partial charge in [-0.05, 0) is 17.9 Å². The number of hydrogen-bond acceptors (Lipinski definition) is 6. The number of hydrogen-bond donors (Lipinski definition) is 3. The standard InChI is InChI=1S/C12H20N4O3/c1-12(2,3)6-8(17)7-14-11-9(16(18)19)4-5-10(13)15-11/h4-5,8,17H,6-7H2,1-3H3,(H3,13,14,15). The molecular formula is C12H20N4O3. The van der Waals surface area contributed by atoms with E-state index in [1.54, 1.807) is 0 Å². The summed E-state index contributed by atoms with van der Waals surface area (Å²) in [5.41, 5.74) is 5.33. The minimum atomic E-state index is -0.608. The number of aliphatic hydroxyl groups is 1. The monoisotopic (exact) mass is 268 g/mol. The third-order valence-electron chi connectivity index (χ3n) is 2.45. The second-order valence-electron chi connectivity index (χ2n) is 5.66. The van der Waals surface area contributed by atoms with Crippen molar-refractivity contribution in [3.63, 3.8) is 0 Å². The smallest absolute Gasteiger partial charge is 0.311 e. The zero-order valence-corrected chi connectivity index (χ0v) is 11.4. The Hall–Kier alpha value is -1.89. The maximum atomic E-state index is 10.8. The molecule has 0 fully saturated rings. The Morgan fingerprint density at radius 3 is 2.68 bits per heavy atom. The first-order chi connectivity index (χ1) is 8.69. The van der Waals surface area contributed by atoms with Gasteiger partial charge in [-0.3, -0.25) is 10.1 Å². The molecule has 0 amide bonds. The fourth-order valence-corrected chi connectivity index (χ4v) is 1.74. The van der Waals surface area contributed by atoms with Crippen LogP contribution in [-0.4, -0.2) is 27.7 Å². The predicted octanol–water partition coefficient (Wildman–Crippen LogP) is 1.78. The number of nitrogens with two attached hydrogens (primary N) is 1. The van der Waals surface area contributed by atoms with Crippen molar-refractivity contribution >= 4 is 17.3 Å². The molecule has 1 aromatic rings. The Morgan fingerprint density at radius 1 is 1.53 bits per heavy atom. The van der Waals surface area contributed by atoms with Gasteiger partial charge in [0, 0.05) is 12.6 Å². The highest BCUT2D eigenvalue weighted by Crippen LogP contribution is 2.24. The van der Waals surface area contributed by atoms with E-state index in [9.17, 15) is 15.2 Å². The first-order valence-corrected chi connectivity index (χ1v) is 6.02. The van der Waals surface area contributed by atoms with Crippen LogP contribution in [0, 0.1) is 15.5 Å². The lowest BCUT2D eigenvalue weighted by molar-refractivity contribution is -0.384. The van der Waals surface area contributed by atoms with Gasteiger partial charge in [-0.15, -0.1) is 0 Å². The molecule has 0 aliphatic heterocycles. The molecular weight excluding hydrogens is 248 g/mol. The van der Waals surface area contributed by atoms with Crippen molar-refractivity contribution in [2.24, 2.45) is 5.41 Å². The molecule has 1 aromatic heterocycles. The Kier molecular flexibility index (Phi) is 4.66. The van der Waals surface area contributed by atoms with Crippen LogP contribution >= 0.6 is 0 Å². The van der Waals surface area contributed by atoms with Crippen LogP contribution in [0.25, 0.3) is 0 Å². The maximum absolute atomic E-state index is 10.8. The second kappa shape index (κ2) is 5.83. The molecule has 106 valence electrons. The predicted molar refractivity (Wildman–Crippen MR) is 73.9 cm³/mol. The zero-order valence-electron chi connectivity index (χ0n) is 11.4. The first-order valence-electron chi connectivity index (χ1n) is 6.02. The summed E-state index contributed by atoms with van der Waals surface area (Å²) >= 11 is 0. The summed E-state index contributed by atoms with van der Waals surface area (Å²) in [7, 11) is 0. The number of nitrogen functional groups attached to an aromatic ring is 1. The quantitative estimate of drug-likeness (QED) is 0.554. The largest absolute Gasteiger partial charge is 0.391 e. The lowest BCUT2D eigenvalue weighted by Gasteiger charge is -2.22. The minimum absolute atomic E-state index is 0.0177. The van der Waals surface area contributed by atoms with E-state index in [-0.39, 0.29) is 29.3 Å². The Balaban J connectivity index is 2.72. The molecule has 0 saturated heterocycles. The van der Waals surface area contributed by atoms with Gasteiger partial charge < -0.3 is 16.2 Å². The van der Waals surface area contributed by atoms with Gasteiger partial charge in [-0.2, -0.15) is 0 Å². The van der Waals surface area contributed by atoms with Crippen molar-refractivity contribution < 1.29 is 10.0 Å². The van der Waals surface area contributed by atoms with Crippen molar-refractivity contribution in [3.05, 3.63) is 22.2 Å². The van der Waals surface area contributed by atoms with Gasteiger partial charge in [-0.1, -0.05) is 20.8 Å². The van der Waals surface area contributed by atoms with Crippen molar-refractivity contribution in [1.29, 1.82) is 0 Å². The zero-order chi connectivity index (χ0) is 14.6. The van der Waals surface area contributed by atoms with E-state index in [0.29, 0.717) is 6.42 Å². The number of nitrogens with one attached hydrogen (secondary N) is 1. The fourth-order valence-electron chi connectivity index (χ4n) is 1.74. The number of nitrogens with zero attached hydrogens (tertiary/aromatic N) is 2. The normalized spacial score (nSPS) is 13.1. The molecule has 1 rings (SSSR count). The summed E-state index contributed by atoms with van der Waals surface area (Å²) in [6.45, 7) is 6.22. The van der Waals surface area contributed by atoms with Gasteiger partial charge >= 0.3 is 5.69 Å². The van der Waals surface area contributed by atoms with E-state index in [1.807, 2.05) is 20.8 Å². The molecule has 0 saturated carbocycles. The van der Waals surface area contributed by atoms with E-state index >= 15 is 0 Å². The molecule has 0 radical (unpaired) electrons. The summed E-state index contributed by atoms with van der Waals surface area (Å²) in [5, 5.41) is 23.5. The molecule has 19 heavy (non-hydrogen) atoms. The number of anilines is 2. The number of aromatic nitrogens is 1. The summed E-state index contributed by atoms with van der Waals surface area (Å²) in [5.74, 6) is 0.274. The topological polar surface area (TPSA) is 114 Å². The number of rotatable bonds is 5. The number of pyridine rings is 1. The van der Waals surface area contributed by atoms with Crippen LogP contribution < -0.4 is 11.1 Å². The van der Waals surface area contributed by atoms with Crippen LogP contribution in [0.3, 0.4) is 0 Å². The molecule has 0 bridgehead atoms. The van der Waals surface area contributed by atoms with E-state index in [4.69, 9.17) is 5.73 Å². The Morgan fingerprint density at radius 2 is 2.16 bits per heavy atom. The van der Waals surface area contributed by atoms with E-state index in [0.717, 1.165) is 0 Å². The van der Waals surface area contributed by atoms with E-state index in [1.165, 1.54) is 12.1 Å². The average Bonchev–Trinajstić information content (AvgIpc) is 2.23. The van der Waals surface area contributed by atoms with Crippen molar-refractivity contribution in [3.8, 4) is 0 Å². The number of aliphatic hydroxyl groups excluding tert-OH is 1. The number of nitro groups is 1. The SMILES string of the molecule is CC(C)(C)CC(O)CNc1nc(N)ccc1[N+](=O)[O-]. The molecule has 0 spiro atoms. The van der Waals surface area contributed by atoms with Crippen molar-refractivity contribution in [2.75, 3.05) is 17.6 Å². The lowest BCUT2D eigenvalue weighted by atomic mass is 9.89. The third-order valence-corrected chi connectivity index (χ3v) is 2.45. The summed E-state index contributed by atoms with van der Waals surface area (Å²) in [6.07, 6.45) is -0.0290. The molecule has 0 aromatic carbocycles. The fraction of sp³-hybridized carbons (Fsp3) is 0.583. The van der Waals surface area contributed by atoms with Gasteiger partial charge in [0.2, 0.25) is 5.82 Å². The molecule has 1 heterocycles. The van der Waals surface area contributed by atoms with E-state index < -0.39 is 11.0 Å². The van der Waals surface area contributed by atoms with Gasteiger partial charge in [-0.25, -0.2) is 4.98 Å². The Labute approximate surface area is 112 Å². The molecule has 0 aliphatic rings. The first kappa shape index (κ1) is 15.2. The van der Waals surface area contributed by atoms with Gasteiger partial charge in [0.25, 0.3) is 0 Å². The molecule has 0 aliphatic carbocycles. The van der Waals surface area contributed by atoms with Crippen molar-refractivity contribution in [1.82, 2.24) is 4.98 Å².